The van der Waals surface area contributed by atoms with Gasteiger partial charge in [-0.05, 0) is 30.0 Å². The molecule has 2 N–H and O–H groups in total. The number of benzene rings is 1. The monoisotopic (exact) mass is 276 g/mol. The summed E-state index contributed by atoms with van der Waals surface area (Å²) < 4.78 is 5.88. The Morgan fingerprint density at radius 2 is 2.00 bits per heavy atom. The third-order valence-electron chi connectivity index (χ3n) is 4.14. The Balaban J connectivity index is 2.23. The van der Waals surface area contributed by atoms with Gasteiger partial charge in [0.15, 0.2) is 0 Å². The van der Waals surface area contributed by atoms with E-state index in [1.165, 1.54) is 11.1 Å². The summed E-state index contributed by atoms with van der Waals surface area (Å²) >= 11 is 0. The fourth-order valence-electron chi connectivity index (χ4n) is 3.03. The van der Waals surface area contributed by atoms with E-state index in [-0.39, 0.29) is 6.10 Å². The fourth-order valence-corrected chi connectivity index (χ4v) is 3.03. The number of nitrogens with two attached hydrogens (primary N) is 1. The van der Waals surface area contributed by atoms with E-state index in [4.69, 9.17) is 10.5 Å². The second kappa shape index (κ2) is 7.21. The van der Waals surface area contributed by atoms with Crippen LogP contribution in [-0.4, -0.2) is 37.2 Å². The van der Waals surface area contributed by atoms with E-state index in [1.807, 2.05) is 0 Å². The molecule has 1 aromatic rings. The highest BCUT2D eigenvalue weighted by Gasteiger charge is 2.32. The van der Waals surface area contributed by atoms with Crippen LogP contribution < -0.4 is 5.73 Å². The first-order valence-electron chi connectivity index (χ1n) is 7.83. The third-order valence-corrected chi connectivity index (χ3v) is 4.14. The molecule has 2 rings (SSSR count). The maximum atomic E-state index is 5.92. The quantitative estimate of drug-likeness (QED) is 0.898. The first-order chi connectivity index (χ1) is 9.67. The zero-order valence-electron chi connectivity index (χ0n) is 13.0. The van der Waals surface area contributed by atoms with Gasteiger partial charge in [0.1, 0.15) is 0 Å². The molecule has 3 heteroatoms. The summed E-state index contributed by atoms with van der Waals surface area (Å²) in [5.74, 6) is 0.573. The highest BCUT2D eigenvalue weighted by Crippen LogP contribution is 2.30. The van der Waals surface area contributed by atoms with Crippen molar-refractivity contribution in [2.75, 3.05) is 26.2 Å². The lowest BCUT2D eigenvalue weighted by Gasteiger charge is -2.41. The topological polar surface area (TPSA) is 38.5 Å². The summed E-state index contributed by atoms with van der Waals surface area (Å²) in [7, 11) is 0. The van der Waals surface area contributed by atoms with Crippen LogP contribution in [-0.2, 0) is 4.74 Å². The minimum Gasteiger partial charge on any atom is -0.374 e. The Labute approximate surface area is 123 Å². The van der Waals surface area contributed by atoms with E-state index in [9.17, 15) is 0 Å². The molecule has 1 aliphatic heterocycles. The van der Waals surface area contributed by atoms with E-state index in [2.05, 4.69) is 49.9 Å². The van der Waals surface area contributed by atoms with Gasteiger partial charge in [0.2, 0.25) is 0 Å². The first-order valence-corrected chi connectivity index (χ1v) is 7.83. The van der Waals surface area contributed by atoms with Gasteiger partial charge in [-0.3, -0.25) is 4.90 Å². The molecule has 20 heavy (non-hydrogen) atoms. The molecule has 3 nitrogen and oxygen atoms in total. The predicted molar refractivity (Wildman–Crippen MR) is 83.9 cm³/mol. The third kappa shape index (κ3) is 3.40. The molecule has 1 fully saturated rings. The molecule has 0 aliphatic carbocycles. The van der Waals surface area contributed by atoms with Gasteiger partial charge in [-0.15, -0.1) is 0 Å². The van der Waals surface area contributed by atoms with Crippen LogP contribution in [0.3, 0.4) is 0 Å². The molecular formula is C17H28N2O. The van der Waals surface area contributed by atoms with Crippen molar-refractivity contribution < 1.29 is 4.74 Å². The van der Waals surface area contributed by atoms with Gasteiger partial charge in [-0.1, -0.05) is 45.0 Å². The molecule has 112 valence electrons. The van der Waals surface area contributed by atoms with Crippen LogP contribution >= 0.6 is 0 Å². The molecule has 1 heterocycles. The van der Waals surface area contributed by atoms with Gasteiger partial charge in [0.05, 0.1) is 18.8 Å². The minimum atomic E-state index is 0.111. The van der Waals surface area contributed by atoms with Crippen LogP contribution in [0.1, 0.15) is 50.3 Å². The summed E-state index contributed by atoms with van der Waals surface area (Å²) in [5, 5.41) is 0. The molecule has 0 saturated carbocycles. The highest BCUT2D eigenvalue weighted by molar-refractivity contribution is 5.28. The fraction of sp³-hybridized carbons (Fsp3) is 0.647. The van der Waals surface area contributed by atoms with Crippen molar-refractivity contribution >= 4 is 0 Å². The second-order valence-corrected chi connectivity index (χ2v) is 5.95. The maximum Gasteiger partial charge on any atom is 0.0894 e. The average Bonchev–Trinajstić information content (AvgIpc) is 2.47. The van der Waals surface area contributed by atoms with Gasteiger partial charge >= 0.3 is 0 Å². The van der Waals surface area contributed by atoms with Crippen molar-refractivity contribution in [2.45, 2.75) is 45.3 Å². The molecule has 2 atom stereocenters. The second-order valence-electron chi connectivity index (χ2n) is 5.95. The van der Waals surface area contributed by atoms with Crippen molar-refractivity contribution in [1.82, 2.24) is 4.90 Å². The molecule has 1 aliphatic rings. The number of rotatable bonds is 5. The molecule has 2 unspecified atom stereocenters. The lowest BCUT2D eigenvalue weighted by molar-refractivity contribution is -0.0676. The zero-order valence-corrected chi connectivity index (χ0v) is 13.0. The van der Waals surface area contributed by atoms with Crippen LogP contribution in [0, 0.1) is 0 Å². The van der Waals surface area contributed by atoms with Crippen molar-refractivity contribution in [3.8, 4) is 0 Å². The summed E-state index contributed by atoms with van der Waals surface area (Å²) in [6, 6.07) is 9.29. The minimum absolute atomic E-state index is 0.111. The smallest absolute Gasteiger partial charge is 0.0894 e. The lowest BCUT2D eigenvalue weighted by atomic mass is 9.94. The average molecular weight is 276 g/mol. The van der Waals surface area contributed by atoms with Crippen LogP contribution in [0.5, 0.6) is 0 Å². The van der Waals surface area contributed by atoms with Crippen molar-refractivity contribution in [1.29, 1.82) is 0 Å². The van der Waals surface area contributed by atoms with E-state index < -0.39 is 0 Å². The first kappa shape index (κ1) is 15.5. The summed E-state index contributed by atoms with van der Waals surface area (Å²) in [4.78, 5) is 2.52. The zero-order chi connectivity index (χ0) is 14.5. The SMILES string of the molecule is CCCN1CCOC(CN)C1c1ccc(C(C)C)cc1. The summed E-state index contributed by atoms with van der Waals surface area (Å²) in [6.45, 7) is 10.2. The number of ether oxygens (including phenoxy) is 1. The Morgan fingerprint density at radius 3 is 2.55 bits per heavy atom. The van der Waals surface area contributed by atoms with Gasteiger partial charge in [0.25, 0.3) is 0 Å². The molecule has 0 spiro atoms. The van der Waals surface area contributed by atoms with Crippen LogP contribution in [0.25, 0.3) is 0 Å². The van der Waals surface area contributed by atoms with Crippen LogP contribution in [0.4, 0.5) is 0 Å². The standard InChI is InChI=1S/C17H28N2O/c1-4-9-19-10-11-20-16(12-18)17(19)15-7-5-14(6-8-15)13(2)3/h5-8,13,16-17H,4,9-12,18H2,1-3H3. The molecule has 0 amide bonds. The van der Waals surface area contributed by atoms with Crippen molar-refractivity contribution in [2.24, 2.45) is 5.73 Å². The van der Waals surface area contributed by atoms with Crippen LogP contribution in [0.15, 0.2) is 24.3 Å². The van der Waals surface area contributed by atoms with Crippen molar-refractivity contribution in [3.63, 3.8) is 0 Å². The van der Waals surface area contributed by atoms with Crippen LogP contribution in [0.2, 0.25) is 0 Å². The van der Waals surface area contributed by atoms with Gasteiger partial charge in [0, 0.05) is 13.1 Å². The molecule has 1 saturated heterocycles. The van der Waals surface area contributed by atoms with Gasteiger partial charge in [-0.2, -0.15) is 0 Å². The molecular weight excluding hydrogens is 248 g/mol. The molecule has 0 bridgehead atoms. The predicted octanol–water partition coefficient (Wildman–Crippen LogP) is 2.92. The van der Waals surface area contributed by atoms with Gasteiger partial charge in [-0.25, -0.2) is 0 Å². The maximum absolute atomic E-state index is 5.92. The summed E-state index contributed by atoms with van der Waals surface area (Å²) in [6.07, 6.45) is 1.28. The molecule has 0 radical (unpaired) electrons. The largest absolute Gasteiger partial charge is 0.374 e. The Hall–Kier alpha value is -0.900. The molecule has 0 aromatic heterocycles. The van der Waals surface area contributed by atoms with E-state index >= 15 is 0 Å². The normalized spacial score (nSPS) is 24.2. The molecule has 1 aromatic carbocycles. The van der Waals surface area contributed by atoms with E-state index in [0.29, 0.717) is 18.5 Å². The number of morpholine rings is 1. The van der Waals surface area contributed by atoms with Crippen molar-refractivity contribution in [3.05, 3.63) is 35.4 Å². The Bertz CT molecular complexity index is 400. The van der Waals surface area contributed by atoms with Gasteiger partial charge < -0.3 is 10.5 Å². The highest BCUT2D eigenvalue weighted by atomic mass is 16.5. The number of nitrogens with zero attached hydrogens (tertiary/aromatic N) is 1. The van der Waals surface area contributed by atoms with E-state index in [0.717, 1.165) is 26.1 Å². The number of hydrogen-bond acceptors (Lipinski definition) is 3. The Kier molecular flexibility index (Phi) is 5.58. The number of hydrogen-bond donors (Lipinski definition) is 1. The summed E-state index contributed by atoms with van der Waals surface area (Å²) in [5.41, 5.74) is 8.63. The van der Waals surface area contributed by atoms with E-state index in [1.54, 1.807) is 0 Å². The lowest BCUT2D eigenvalue weighted by Crippen LogP contribution is -2.48. The Morgan fingerprint density at radius 1 is 1.30 bits per heavy atom.